The van der Waals surface area contributed by atoms with Gasteiger partial charge in [0.15, 0.2) is 0 Å². The number of nitriles is 1. The van der Waals surface area contributed by atoms with Crippen LogP contribution in [-0.4, -0.2) is 4.98 Å². The Hall–Kier alpha value is -2.41. The number of pyridine rings is 1. The topological polar surface area (TPSA) is 45.9 Å². The molecule has 0 saturated heterocycles. The van der Waals surface area contributed by atoms with Gasteiger partial charge in [0.25, 0.3) is 0 Å². The van der Waals surface area contributed by atoms with Crippen molar-refractivity contribution in [1.29, 1.82) is 5.26 Å². The van der Waals surface area contributed by atoms with Gasteiger partial charge >= 0.3 is 0 Å². The molecule has 0 saturated carbocycles. The number of benzene rings is 1. The summed E-state index contributed by atoms with van der Waals surface area (Å²) in [6.07, 6.45) is 1.57. The SMILES string of the molecule is CC(C)c1cc(OCc2cc(C#N)ccn2)ccc1F. The monoisotopic (exact) mass is 270 g/mol. The van der Waals surface area contributed by atoms with Gasteiger partial charge in [0.2, 0.25) is 0 Å². The molecule has 102 valence electrons. The minimum atomic E-state index is -0.225. The predicted octanol–water partition coefficient (Wildman–Crippen LogP) is 3.79. The largest absolute Gasteiger partial charge is 0.487 e. The highest BCUT2D eigenvalue weighted by Gasteiger charge is 2.08. The quantitative estimate of drug-likeness (QED) is 0.849. The van der Waals surface area contributed by atoms with Crippen LogP contribution in [0, 0.1) is 17.1 Å². The summed E-state index contributed by atoms with van der Waals surface area (Å²) in [5, 5.41) is 8.82. The van der Waals surface area contributed by atoms with Gasteiger partial charge in [-0.05, 0) is 41.8 Å². The van der Waals surface area contributed by atoms with E-state index in [1.807, 2.05) is 13.8 Å². The van der Waals surface area contributed by atoms with Crippen molar-refractivity contribution in [1.82, 2.24) is 4.98 Å². The number of hydrogen-bond acceptors (Lipinski definition) is 3. The molecule has 0 atom stereocenters. The number of nitrogens with zero attached hydrogens (tertiary/aromatic N) is 2. The summed E-state index contributed by atoms with van der Waals surface area (Å²) in [6.45, 7) is 4.11. The van der Waals surface area contributed by atoms with E-state index < -0.39 is 0 Å². The van der Waals surface area contributed by atoms with E-state index in [1.54, 1.807) is 30.5 Å². The summed E-state index contributed by atoms with van der Waals surface area (Å²) < 4.78 is 19.2. The van der Waals surface area contributed by atoms with Crippen LogP contribution in [0.1, 0.15) is 36.6 Å². The number of ether oxygens (including phenoxy) is 1. The third-order valence-electron chi connectivity index (χ3n) is 2.92. The minimum absolute atomic E-state index is 0.0959. The normalized spacial score (nSPS) is 10.3. The van der Waals surface area contributed by atoms with E-state index in [1.165, 1.54) is 6.07 Å². The number of hydrogen-bond donors (Lipinski definition) is 0. The predicted molar refractivity (Wildman–Crippen MR) is 73.8 cm³/mol. The van der Waals surface area contributed by atoms with Crippen molar-refractivity contribution in [3.63, 3.8) is 0 Å². The lowest BCUT2D eigenvalue weighted by molar-refractivity contribution is 0.300. The van der Waals surface area contributed by atoms with Crippen LogP contribution in [0.4, 0.5) is 4.39 Å². The summed E-state index contributed by atoms with van der Waals surface area (Å²) in [5.74, 6) is 0.467. The molecule has 0 aliphatic carbocycles. The van der Waals surface area contributed by atoms with E-state index in [-0.39, 0.29) is 18.3 Å². The second kappa shape index (κ2) is 6.16. The average molecular weight is 270 g/mol. The van der Waals surface area contributed by atoms with Gasteiger partial charge in [-0.15, -0.1) is 0 Å². The van der Waals surface area contributed by atoms with E-state index >= 15 is 0 Å². The Balaban J connectivity index is 2.11. The standard InChI is InChI=1S/C16H15FN2O/c1-11(2)15-8-14(3-4-16(15)17)20-10-13-7-12(9-18)5-6-19-13/h3-8,11H,10H2,1-2H3. The van der Waals surface area contributed by atoms with E-state index in [4.69, 9.17) is 10.00 Å². The van der Waals surface area contributed by atoms with Crippen LogP contribution in [-0.2, 0) is 6.61 Å². The van der Waals surface area contributed by atoms with Gasteiger partial charge in [-0.2, -0.15) is 5.26 Å². The number of halogens is 1. The van der Waals surface area contributed by atoms with E-state index in [0.29, 0.717) is 22.6 Å². The third-order valence-corrected chi connectivity index (χ3v) is 2.92. The van der Waals surface area contributed by atoms with Crippen LogP contribution >= 0.6 is 0 Å². The molecule has 0 radical (unpaired) electrons. The van der Waals surface area contributed by atoms with E-state index in [9.17, 15) is 4.39 Å². The fraction of sp³-hybridized carbons (Fsp3) is 0.250. The Kier molecular flexibility index (Phi) is 4.31. The second-order valence-corrected chi connectivity index (χ2v) is 4.77. The van der Waals surface area contributed by atoms with Gasteiger partial charge in [-0.3, -0.25) is 4.98 Å². The zero-order valence-corrected chi connectivity index (χ0v) is 11.4. The van der Waals surface area contributed by atoms with Crippen LogP contribution in [0.2, 0.25) is 0 Å². The van der Waals surface area contributed by atoms with Gasteiger partial charge in [0.05, 0.1) is 17.3 Å². The molecule has 4 heteroatoms. The molecule has 0 bridgehead atoms. The van der Waals surface area contributed by atoms with Crippen LogP contribution in [0.3, 0.4) is 0 Å². The lowest BCUT2D eigenvalue weighted by atomic mass is 10.0. The fourth-order valence-electron chi connectivity index (χ4n) is 1.84. The second-order valence-electron chi connectivity index (χ2n) is 4.77. The first kappa shape index (κ1) is 14.0. The molecule has 0 fully saturated rings. The summed E-state index contributed by atoms with van der Waals surface area (Å²) in [6, 6.07) is 10.1. The Morgan fingerprint density at radius 1 is 1.30 bits per heavy atom. The Morgan fingerprint density at radius 3 is 2.80 bits per heavy atom. The lowest BCUT2D eigenvalue weighted by Crippen LogP contribution is -2.00. The van der Waals surface area contributed by atoms with Crippen molar-refractivity contribution >= 4 is 0 Å². The lowest BCUT2D eigenvalue weighted by Gasteiger charge is -2.11. The molecule has 3 nitrogen and oxygen atoms in total. The zero-order chi connectivity index (χ0) is 14.5. The highest BCUT2D eigenvalue weighted by Crippen LogP contribution is 2.24. The molecule has 0 N–H and O–H groups in total. The molecule has 1 heterocycles. The van der Waals surface area contributed by atoms with Crippen LogP contribution in [0.5, 0.6) is 5.75 Å². The maximum absolute atomic E-state index is 13.6. The Bertz CT molecular complexity index is 647. The van der Waals surface area contributed by atoms with Crippen LogP contribution in [0.15, 0.2) is 36.5 Å². The van der Waals surface area contributed by atoms with Crippen molar-refractivity contribution in [2.75, 3.05) is 0 Å². The average Bonchev–Trinajstić information content (AvgIpc) is 2.46. The molecule has 1 aromatic carbocycles. The first-order valence-electron chi connectivity index (χ1n) is 6.37. The minimum Gasteiger partial charge on any atom is -0.487 e. The fourth-order valence-corrected chi connectivity index (χ4v) is 1.84. The molecular weight excluding hydrogens is 255 g/mol. The highest BCUT2D eigenvalue weighted by molar-refractivity contribution is 5.32. The zero-order valence-electron chi connectivity index (χ0n) is 11.4. The number of aromatic nitrogens is 1. The molecule has 0 spiro atoms. The molecule has 0 aliphatic rings. The molecule has 0 aliphatic heterocycles. The van der Waals surface area contributed by atoms with E-state index in [0.717, 1.165) is 0 Å². The molecule has 2 aromatic rings. The van der Waals surface area contributed by atoms with Crippen molar-refractivity contribution in [3.8, 4) is 11.8 Å². The number of rotatable bonds is 4. The molecular formula is C16H15FN2O. The van der Waals surface area contributed by atoms with Gasteiger partial charge < -0.3 is 4.74 Å². The summed E-state index contributed by atoms with van der Waals surface area (Å²) >= 11 is 0. The smallest absolute Gasteiger partial charge is 0.130 e. The molecule has 0 unspecified atom stereocenters. The van der Waals surface area contributed by atoms with Crippen LogP contribution in [0.25, 0.3) is 0 Å². The summed E-state index contributed by atoms with van der Waals surface area (Å²) in [7, 11) is 0. The molecule has 2 rings (SSSR count). The van der Waals surface area contributed by atoms with Gasteiger partial charge in [-0.1, -0.05) is 13.8 Å². The van der Waals surface area contributed by atoms with Crippen molar-refractivity contribution < 1.29 is 9.13 Å². The Morgan fingerprint density at radius 2 is 2.10 bits per heavy atom. The maximum Gasteiger partial charge on any atom is 0.130 e. The van der Waals surface area contributed by atoms with Gasteiger partial charge in [0.1, 0.15) is 18.2 Å². The summed E-state index contributed by atoms with van der Waals surface area (Å²) in [4.78, 5) is 4.13. The van der Waals surface area contributed by atoms with E-state index in [2.05, 4.69) is 11.1 Å². The first-order valence-corrected chi connectivity index (χ1v) is 6.37. The van der Waals surface area contributed by atoms with Gasteiger partial charge in [-0.25, -0.2) is 4.39 Å². The maximum atomic E-state index is 13.6. The Labute approximate surface area is 117 Å². The van der Waals surface area contributed by atoms with Gasteiger partial charge in [0, 0.05) is 6.20 Å². The molecule has 0 amide bonds. The van der Waals surface area contributed by atoms with Crippen LogP contribution < -0.4 is 4.74 Å². The van der Waals surface area contributed by atoms with Crippen molar-refractivity contribution in [2.45, 2.75) is 26.4 Å². The highest BCUT2D eigenvalue weighted by atomic mass is 19.1. The molecule has 20 heavy (non-hydrogen) atoms. The van der Waals surface area contributed by atoms with Crippen molar-refractivity contribution in [3.05, 3.63) is 59.2 Å². The summed E-state index contributed by atoms with van der Waals surface area (Å²) in [5.41, 5.74) is 1.83. The third kappa shape index (κ3) is 3.33. The first-order chi connectivity index (χ1) is 9.60. The van der Waals surface area contributed by atoms with Crippen molar-refractivity contribution in [2.24, 2.45) is 0 Å². The molecule has 1 aromatic heterocycles.